The van der Waals surface area contributed by atoms with E-state index in [0.717, 1.165) is 0 Å². The van der Waals surface area contributed by atoms with Crippen molar-refractivity contribution in [2.45, 2.75) is 0 Å². The molecule has 0 radical (unpaired) electrons. The molecule has 0 aliphatic rings. The van der Waals surface area contributed by atoms with E-state index < -0.39 is 11.3 Å². The zero-order chi connectivity index (χ0) is 13.7. The minimum absolute atomic E-state index is 0.300. The van der Waals surface area contributed by atoms with Crippen molar-refractivity contribution < 1.29 is 13.6 Å². The van der Waals surface area contributed by atoms with Crippen LogP contribution in [0.3, 0.4) is 0 Å². The Bertz CT molecular complexity index is 602. The molecule has 1 atom stereocenters. The molecule has 0 aliphatic heterocycles. The Morgan fingerprint density at radius 3 is 2.32 bits per heavy atom. The summed E-state index contributed by atoms with van der Waals surface area (Å²) in [5.41, 5.74) is 1.26. The number of nitrogens with one attached hydrogen (secondary N) is 2. The summed E-state index contributed by atoms with van der Waals surface area (Å²) in [6, 6.07) is 15.5. The van der Waals surface area contributed by atoms with E-state index in [2.05, 4.69) is 10.0 Å². The minimum Gasteiger partial charge on any atom is -0.322 e. The summed E-state index contributed by atoms with van der Waals surface area (Å²) >= 11 is -2.22. The van der Waals surface area contributed by atoms with Crippen molar-refractivity contribution in [3.63, 3.8) is 0 Å². The standard InChI is InChI=1S/C13H12N2O3S/c16-13(14-10-6-2-1-3-7-10)11-8-4-5-9-12(11)15-19(17)18/h1-9,15H,(H,14,16)(H,17,18). The van der Waals surface area contributed by atoms with Crippen molar-refractivity contribution in [3.05, 3.63) is 60.2 Å². The van der Waals surface area contributed by atoms with Gasteiger partial charge in [0.25, 0.3) is 17.2 Å². The first-order valence-corrected chi connectivity index (χ1v) is 6.60. The molecular formula is C13H12N2O3S. The third kappa shape index (κ3) is 3.64. The van der Waals surface area contributed by atoms with Crippen LogP contribution in [0.15, 0.2) is 54.6 Å². The maximum absolute atomic E-state index is 12.1. The lowest BCUT2D eigenvalue weighted by molar-refractivity contribution is 0.102. The van der Waals surface area contributed by atoms with Crippen LogP contribution >= 0.6 is 0 Å². The van der Waals surface area contributed by atoms with E-state index in [1.54, 1.807) is 36.4 Å². The molecular weight excluding hydrogens is 264 g/mol. The van der Waals surface area contributed by atoms with Gasteiger partial charge in [-0.15, -0.1) is 0 Å². The number of hydrogen-bond acceptors (Lipinski definition) is 2. The second-order valence-electron chi connectivity index (χ2n) is 3.72. The summed E-state index contributed by atoms with van der Waals surface area (Å²) in [6.07, 6.45) is 0. The quantitative estimate of drug-likeness (QED) is 0.751. The van der Waals surface area contributed by atoms with Gasteiger partial charge in [-0.05, 0) is 24.3 Å². The zero-order valence-corrected chi connectivity index (χ0v) is 10.7. The molecule has 2 aromatic rings. The fourth-order valence-electron chi connectivity index (χ4n) is 1.58. The fourth-order valence-corrected chi connectivity index (χ4v) is 1.95. The van der Waals surface area contributed by atoms with Crippen LogP contribution in [0.25, 0.3) is 0 Å². The van der Waals surface area contributed by atoms with Gasteiger partial charge in [-0.1, -0.05) is 30.3 Å². The van der Waals surface area contributed by atoms with Gasteiger partial charge in [-0.25, -0.2) is 4.21 Å². The number of amides is 1. The average molecular weight is 276 g/mol. The molecule has 0 aliphatic carbocycles. The molecule has 1 amide bonds. The van der Waals surface area contributed by atoms with Crippen LogP contribution in [0.1, 0.15) is 10.4 Å². The smallest absolute Gasteiger partial charge is 0.259 e. The van der Waals surface area contributed by atoms with Gasteiger partial charge in [0.15, 0.2) is 0 Å². The molecule has 6 heteroatoms. The van der Waals surface area contributed by atoms with E-state index in [9.17, 15) is 9.00 Å². The van der Waals surface area contributed by atoms with E-state index >= 15 is 0 Å². The first-order valence-electron chi connectivity index (χ1n) is 5.50. The molecule has 2 aromatic carbocycles. The number of rotatable bonds is 4. The summed E-state index contributed by atoms with van der Waals surface area (Å²) in [5.74, 6) is -0.347. The van der Waals surface area contributed by atoms with Crippen LogP contribution in [-0.2, 0) is 11.3 Å². The van der Waals surface area contributed by atoms with Crippen LogP contribution in [0.4, 0.5) is 11.4 Å². The minimum atomic E-state index is -2.22. The van der Waals surface area contributed by atoms with Gasteiger partial charge in [0.05, 0.1) is 11.3 Å². The first-order chi connectivity index (χ1) is 9.16. The summed E-state index contributed by atoms with van der Waals surface area (Å²) in [6.45, 7) is 0. The first kappa shape index (κ1) is 13.3. The highest BCUT2D eigenvalue weighted by molar-refractivity contribution is 7.80. The highest BCUT2D eigenvalue weighted by atomic mass is 32.2. The molecule has 5 nitrogen and oxygen atoms in total. The lowest BCUT2D eigenvalue weighted by Crippen LogP contribution is -2.15. The van der Waals surface area contributed by atoms with Gasteiger partial charge in [0.2, 0.25) is 0 Å². The Balaban J connectivity index is 2.21. The molecule has 19 heavy (non-hydrogen) atoms. The second kappa shape index (κ2) is 6.12. The molecule has 0 fully saturated rings. The molecule has 0 aromatic heterocycles. The normalized spacial score (nSPS) is 11.6. The van der Waals surface area contributed by atoms with Gasteiger partial charge in [-0.2, -0.15) is 0 Å². The maximum atomic E-state index is 12.1. The van der Waals surface area contributed by atoms with Gasteiger partial charge < -0.3 is 5.32 Å². The van der Waals surface area contributed by atoms with E-state index in [1.165, 1.54) is 0 Å². The Morgan fingerprint density at radius 2 is 1.63 bits per heavy atom. The molecule has 0 spiro atoms. The Hall–Kier alpha value is -2.18. The number of carbonyl (C=O) groups is 1. The van der Waals surface area contributed by atoms with Crippen molar-refractivity contribution in [2.75, 3.05) is 10.0 Å². The average Bonchev–Trinajstić information content (AvgIpc) is 2.39. The van der Waals surface area contributed by atoms with Gasteiger partial charge in [0, 0.05) is 5.69 Å². The molecule has 0 saturated carbocycles. The van der Waals surface area contributed by atoms with E-state index in [0.29, 0.717) is 16.9 Å². The van der Waals surface area contributed by atoms with E-state index in [1.807, 2.05) is 18.2 Å². The van der Waals surface area contributed by atoms with Crippen molar-refractivity contribution in [2.24, 2.45) is 0 Å². The largest absolute Gasteiger partial charge is 0.322 e. The number of benzene rings is 2. The topological polar surface area (TPSA) is 78.4 Å². The molecule has 0 saturated heterocycles. The number of carbonyl (C=O) groups excluding carboxylic acids is 1. The molecule has 3 N–H and O–H groups in total. The summed E-state index contributed by atoms with van der Waals surface area (Å²) < 4.78 is 21.9. The SMILES string of the molecule is O=C(Nc1ccccc1)c1ccccc1NS(=O)O. The monoisotopic (exact) mass is 276 g/mol. The van der Waals surface area contributed by atoms with E-state index in [4.69, 9.17) is 4.55 Å². The Morgan fingerprint density at radius 1 is 1.00 bits per heavy atom. The van der Waals surface area contributed by atoms with Crippen LogP contribution < -0.4 is 10.0 Å². The van der Waals surface area contributed by atoms with Crippen molar-refractivity contribution >= 4 is 28.5 Å². The molecule has 98 valence electrons. The Kier molecular flexibility index (Phi) is 4.27. The van der Waals surface area contributed by atoms with Crippen molar-refractivity contribution in [1.29, 1.82) is 0 Å². The van der Waals surface area contributed by atoms with Gasteiger partial charge in [-0.3, -0.25) is 14.1 Å². The zero-order valence-electron chi connectivity index (χ0n) is 9.87. The maximum Gasteiger partial charge on any atom is 0.259 e. The lowest BCUT2D eigenvalue weighted by atomic mass is 10.1. The molecule has 1 unspecified atom stereocenters. The summed E-state index contributed by atoms with van der Waals surface area (Å²) in [4.78, 5) is 12.1. The fraction of sp³-hybridized carbons (Fsp3) is 0. The van der Waals surface area contributed by atoms with Gasteiger partial charge in [0.1, 0.15) is 0 Å². The molecule has 0 heterocycles. The number of hydrogen-bond donors (Lipinski definition) is 3. The van der Waals surface area contributed by atoms with Crippen LogP contribution in [0, 0.1) is 0 Å². The predicted molar refractivity (Wildman–Crippen MR) is 75.2 cm³/mol. The van der Waals surface area contributed by atoms with Gasteiger partial charge >= 0.3 is 0 Å². The molecule has 2 rings (SSSR count). The van der Waals surface area contributed by atoms with Crippen molar-refractivity contribution in [1.82, 2.24) is 0 Å². The Labute approximate surface area is 113 Å². The number of anilines is 2. The summed E-state index contributed by atoms with van der Waals surface area (Å²) in [5, 5.41) is 2.71. The van der Waals surface area contributed by atoms with E-state index in [-0.39, 0.29) is 5.91 Å². The van der Waals surface area contributed by atoms with Crippen LogP contribution in [0.2, 0.25) is 0 Å². The highest BCUT2D eigenvalue weighted by Gasteiger charge is 2.11. The third-order valence-electron chi connectivity index (χ3n) is 2.40. The summed E-state index contributed by atoms with van der Waals surface area (Å²) in [7, 11) is 0. The van der Waals surface area contributed by atoms with Crippen molar-refractivity contribution in [3.8, 4) is 0 Å². The highest BCUT2D eigenvalue weighted by Crippen LogP contribution is 2.17. The third-order valence-corrected chi connectivity index (χ3v) is 2.80. The second-order valence-corrected chi connectivity index (χ2v) is 4.42. The number of para-hydroxylation sites is 2. The lowest BCUT2D eigenvalue weighted by Gasteiger charge is -2.09. The molecule has 0 bridgehead atoms. The predicted octanol–water partition coefficient (Wildman–Crippen LogP) is 2.49. The van der Waals surface area contributed by atoms with Crippen LogP contribution in [-0.4, -0.2) is 14.7 Å². The van der Waals surface area contributed by atoms with Crippen LogP contribution in [0.5, 0.6) is 0 Å².